The molecule has 3 nitrogen and oxygen atoms in total. The number of hydrogen-bond acceptors (Lipinski definition) is 3. The highest BCUT2D eigenvalue weighted by Gasteiger charge is 2.06. The van der Waals surface area contributed by atoms with Crippen molar-refractivity contribution in [1.82, 2.24) is 4.90 Å². The summed E-state index contributed by atoms with van der Waals surface area (Å²) in [6.45, 7) is 0.852. The SMILES string of the molecule is COc1cccc(/C=C(\CN(C)C)c2cccc(OC)c2)c1.Cl. The van der Waals surface area contributed by atoms with Gasteiger partial charge in [-0.05, 0) is 61.1 Å². The molecule has 0 unspecified atom stereocenters. The number of halogens is 1. The summed E-state index contributed by atoms with van der Waals surface area (Å²) in [5.41, 5.74) is 3.52. The van der Waals surface area contributed by atoms with E-state index in [4.69, 9.17) is 9.47 Å². The summed E-state index contributed by atoms with van der Waals surface area (Å²) in [7, 11) is 7.52. The minimum absolute atomic E-state index is 0. The van der Waals surface area contributed by atoms with Crippen LogP contribution in [0.15, 0.2) is 48.5 Å². The van der Waals surface area contributed by atoms with Crippen LogP contribution in [0, 0.1) is 0 Å². The summed E-state index contributed by atoms with van der Waals surface area (Å²) < 4.78 is 10.6. The standard InChI is InChI=1S/C19H23NO2.ClH/c1-20(2)14-17(16-8-6-10-19(13-16)22-4)11-15-7-5-9-18(12-15)21-3;/h5-13H,14H2,1-4H3;1H/b17-11+;. The van der Waals surface area contributed by atoms with E-state index in [9.17, 15) is 0 Å². The van der Waals surface area contributed by atoms with Crippen LogP contribution in [0.4, 0.5) is 0 Å². The van der Waals surface area contributed by atoms with Gasteiger partial charge in [-0.1, -0.05) is 24.3 Å². The highest BCUT2D eigenvalue weighted by atomic mass is 35.5. The Hall–Kier alpha value is -1.97. The Kier molecular flexibility index (Phi) is 7.66. The zero-order chi connectivity index (χ0) is 15.9. The van der Waals surface area contributed by atoms with Crippen molar-refractivity contribution in [3.8, 4) is 11.5 Å². The van der Waals surface area contributed by atoms with Crippen LogP contribution in [-0.2, 0) is 0 Å². The number of ether oxygens (including phenoxy) is 2. The molecule has 0 atom stereocenters. The molecule has 0 heterocycles. The van der Waals surface area contributed by atoms with Crippen LogP contribution < -0.4 is 9.47 Å². The average molecular weight is 334 g/mol. The van der Waals surface area contributed by atoms with E-state index < -0.39 is 0 Å². The minimum atomic E-state index is 0. The lowest BCUT2D eigenvalue weighted by Crippen LogP contribution is -2.14. The van der Waals surface area contributed by atoms with Gasteiger partial charge in [0, 0.05) is 6.54 Å². The number of nitrogens with zero attached hydrogens (tertiary/aromatic N) is 1. The Balaban J connectivity index is 0.00000264. The van der Waals surface area contributed by atoms with Gasteiger partial charge in [-0.2, -0.15) is 0 Å². The second-order valence-electron chi connectivity index (χ2n) is 5.42. The molecule has 0 radical (unpaired) electrons. The molecule has 23 heavy (non-hydrogen) atoms. The largest absolute Gasteiger partial charge is 0.497 e. The maximum atomic E-state index is 5.34. The van der Waals surface area contributed by atoms with Gasteiger partial charge in [-0.15, -0.1) is 12.4 Å². The first-order valence-electron chi connectivity index (χ1n) is 7.26. The zero-order valence-corrected chi connectivity index (χ0v) is 14.9. The smallest absolute Gasteiger partial charge is 0.119 e. The molecule has 0 aliphatic rings. The molecule has 0 spiro atoms. The van der Waals surface area contributed by atoms with E-state index in [0.29, 0.717) is 0 Å². The van der Waals surface area contributed by atoms with E-state index in [0.717, 1.165) is 29.2 Å². The van der Waals surface area contributed by atoms with Crippen LogP contribution in [-0.4, -0.2) is 39.8 Å². The van der Waals surface area contributed by atoms with Gasteiger partial charge in [0.15, 0.2) is 0 Å². The Morgan fingerprint density at radius 2 is 1.57 bits per heavy atom. The molecule has 0 saturated heterocycles. The molecule has 0 aliphatic carbocycles. The number of likely N-dealkylation sites (N-methyl/N-ethyl adjacent to an activating group) is 1. The first-order valence-corrected chi connectivity index (χ1v) is 7.26. The Morgan fingerprint density at radius 1 is 0.957 bits per heavy atom. The van der Waals surface area contributed by atoms with Gasteiger partial charge in [0.2, 0.25) is 0 Å². The monoisotopic (exact) mass is 333 g/mol. The number of rotatable bonds is 6. The Bertz CT molecular complexity index is 653. The predicted octanol–water partition coefficient (Wildman–Crippen LogP) is 4.23. The molecule has 0 amide bonds. The summed E-state index contributed by atoms with van der Waals surface area (Å²) in [6, 6.07) is 16.2. The summed E-state index contributed by atoms with van der Waals surface area (Å²) in [4.78, 5) is 2.16. The van der Waals surface area contributed by atoms with Crippen molar-refractivity contribution in [3.05, 3.63) is 59.7 Å². The number of methoxy groups -OCH3 is 2. The minimum Gasteiger partial charge on any atom is -0.497 e. The topological polar surface area (TPSA) is 21.7 Å². The third kappa shape index (κ3) is 5.62. The van der Waals surface area contributed by atoms with E-state index >= 15 is 0 Å². The van der Waals surface area contributed by atoms with Gasteiger partial charge >= 0.3 is 0 Å². The lowest BCUT2D eigenvalue weighted by atomic mass is 10.0. The van der Waals surface area contributed by atoms with E-state index in [-0.39, 0.29) is 12.4 Å². The Morgan fingerprint density at radius 3 is 2.17 bits per heavy atom. The van der Waals surface area contributed by atoms with Crippen molar-refractivity contribution in [1.29, 1.82) is 0 Å². The van der Waals surface area contributed by atoms with E-state index in [1.807, 2.05) is 30.3 Å². The van der Waals surface area contributed by atoms with Crippen molar-refractivity contribution in [2.24, 2.45) is 0 Å². The van der Waals surface area contributed by atoms with Gasteiger partial charge in [0.25, 0.3) is 0 Å². The molecule has 124 valence electrons. The Labute approximate surface area is 144 Å². The van der Waals surface area contributed by atoms with Crippen LogP contribution in [0.2, 0.25) is 0 Å². The number of benzene rings is 2. The van der Waals surface area contributed by atoms with Crippen LogP contribution in [0.25, 0.3) is 11.6 Å². The summed E-state index contributed by atoms with van der Waals surface area (Å²) in [6.07, 6.45) is 2.19. The second-order valence-corrected chi connectivity index (χ2v) is 5.42. The fourth-order valence-corrected chi connectivity index (χ4v) is 2.32. The lowest BCUT2D eigenvalue weighted by molar-refractivity contribution is 0.414. The lowest BCUT2D eigenvalue weighted by Gasteiger charge is -2.15. The third-order valence-corrected chi connectivity index (χ3v) is 3.36. The molecule has 0 N–H and O–H groups in total. The van der Waals surface area contributed by atoms with Crippen LogP contribution in [0.5, 0.6) is 11.5 Å². The van der Waals surface area contributed by atoms with Crippen molar-refractivity contribution >= 4 is 24.1 Å². The van der Waals surface area contributed by atoms with Gasteiger partial charge in [-0.25, -0.2) is 0 Å². The molecule has 4 heteroatoms. The highest BCUT2D eigenvalue weighted by molar-refractivity contribution is 5.85. The molecule has 0 fully saturated rings. The van der Waals surface area contributed by atoms with Crippen LogP contribution in [0.3, 0.4) is 0 Å². The molecular weight excluding hydrogens is 310 g/mol. The van der Waals surface area contributed by atoms with Crippen molar-refractivity contribution in [3.63, 3.8) is 0 Å². The first-order chi connectivity index (χ1) is 10.6. The van der Waals surface area contributed by atoms with Gasteiger partial charge in [0.05, 0.1) is 14.2 Å². The van der Waals surface area contributed by atoms with Gasteiger partial charge in [0.1, 0.15) is 11.5 Å². The summed E-state index contributed by atoms with van der Waals surface area (Å²) in [5, 5.41) is 0. The predicted molar refractivity (Wildman–Crippen MR) is 99.7 cm³/mol. The second kappa shape index (κ2) is 9.23. The highest BCUT2D eigenvalue weighted by Crippen LogP contribution is 2.24. The normalized spacial score (nSPS) is 11.1. The maximum absolute atomic E-state index is 5.34. The molecule has 2 rings (SSSR count). The van der Waals surface area contributed by atoms with Crippen molar-refractivity contribution in [2.45, 2.75) is 0 Å². The molecule has 2 aromatic carbocycles. The van der Waals surface area contributed by atoms with Gasteiger partial charge < -0.3 is 14.4 Å². The van der Waals surface area contributed by atoms with E-state index in [1.165, 1.54) is 5.57 Å². The summed E-state index contributed by atoms with van der Waals surface area (Å²) >= 11 is 0. The molecule has 0 aliphatic heterocycles. The molecule has 2 aromatic rings. The van der Waals surface area contributed by atoms with Gasteiger partial charge in [-0.3, -0.25) is 0 Å². The zero-order valence-electron chi connectivity index (χ0n) is 14.1. The molecule has 0 aromatic heterocycles. The molecule has 0 saturated carbocycles. The fourth-order valence-electron chi connectivity index (χ4n) is 2.32. The quantitative estimate of drug-likeness (QED) is 0.738. The number of hydrogen-bond donors (Lipinski definition) is 0. The average Bonchev–Trinajstić information content (AvgIpc) is 2.54. The van der Waals surface area contributed by atoms with Crippen LogP contribution in [0.1, 0.15) is 11.1 Å². The maximum Gasteiger partial charge on any atom is 0.119 e. The fraction of sp³-hybridized carbons (Fsp3) is 0.263. The van der Waals surface area contributed by atoms with E-state index in [1.54, 1.807) is 14.2 Å². The first kappa shape index (κ1) is 19.1. The molecule has 0 bridgehead atoms. The van der Waals surface area contributed by atoms with Crippen LogP contribution >= 0.6 is 12.4 Å². The van der Waals surface area contributed by atoms with Crippen molar-refractivity contribution < 1.29 is 9.47 Å². The molecular formula is C19H24ClNO2. The summed E-state index contributed by atoms with van der Waals surface area (Å²) in [5.74, 6) is 1.73. The third-order valence-electron chi connectivity index (χ3n) is 3.36. The van der Waals surface area contributed by atoms with E-state index in [2.05, 4.69) is 43.3 Å². The van der Waals surface area contributed by atoms with Crippen molar-refractivity contribution in [2.75, 3.05) is 34.9 Å².